The fourth-order valence-electron chi connectivity index (χ4n) is 3.81. The van der Waals surface area contributed by atoms with Gasteiger partial charge in [-0.15, -0.1) is 11.3 Å². The lowest BCUT2D eigenvalue weighted by Crippen LogP contribution is -2.36. The number of hydrogen-bond donors (Lipinski definition) is 2. The molecule has 0 bridgehead atoms. The lowest BCUT2D eigenvalue weighted by atomic mass is 9.95. The van der Waals surface area contributed by atoms with Gasteiger partial charge in [0, 0.05) is 36.6 Å². The number of fused-ring (bicyclic) bond motifs is 2. The summed E-state index contributed by atoms with van der Waals surface area (Å²) in [5, 5.41) is 4.10. The fourth-order valence-corrected chi connectivity index (χ4v) is 4.80. The molecule has 1 fully saturated rings. The number of nitrogens with zero attached hydrogens (tertiary/aromatic N) is 2. The predicted molar refractivity (Wildman–Crippen MR) is 98.4 cm³/mol. The molecule has 0 unspecified atom stereocenters. The summed E-state index contributed by atoms with van der Waals surface area (Å²) in [4.78, 5) is 21.3. The van der Waals surface area contributed by atoms with E-state index < -0.39 is 0 Å². The first-order valence-corrected chi connectivity index (χ1v) is 9.63. The van der Waals surface area contributed by atoms with E-state index in [1.54, 1.807) is 0 Å². The van der Waals surface area contributed by atoms with Gasteiger partial charge in [-0.25, -0.2) is 4.98 Å². The molecule has 2 aliphatic rings. The summed E-state index contributed by atoms with van der Waals surface area (Å²) in [7, 11) is 2.12. The van der Waals surface area contributed by atoms with E-state index in [-0.39, 0.29) is 5.91 Å². The van der Waals surface area contributed by atoms with Crippen LogP contribution in [-0.2, 0) is 13.0 Å². The summed E-state index contributed by atoms with van der Waals surface area (Å²) in [6.07, 6.45) is 6.80. The highest BCUT2D eigenvalue weighted by atomic mass is 32.1. The minimum absolute atomic E-state index is 0.0301. The van der Waals surface area contributed by atoms with E-state index in [4.69, 9.17) is 10.7 Å². The number of pyridine rings is 1. The van der Waals surface area contributed by atoms with Crippen LogP contribution in [0.5, 0.6) is 0 Å². The molecule has 5 nitrogen and oxygen atoms in total. The van der Waals surface area contributed by atoms with Crippen molar-refractivity contribution in [2.75, 3.05) is 19.3 Å². The molecule has 1 amide bonds. The molecule has 0 radical (unpaired) electrons. The normalized spacial score (nSPS) is 19.4. The van der Waals surface area contributed by atoms with Gasteiger partial charge < -0.3 is 16.0 Å². The van der Waals surface area contributed by atoms with Crippen LogP contribution in [0.2, 0.25) is 0 Å². The number of carbonyl (C=O) groups excluding carboxylic acids is 1. The van der Waals surface area contributed by atoms with Crippen molar-refractivity contribution in [2.45, 2.75) is 51.1 Å². The first kappa shape index (κ1) is 15.8. The number of aromatic nitrogens is 1. The molecule has 128 valence electrons. The quantitative estimate of drug-likeness (QED) is 0.879. The van der Waals surface area contributed by atoms with Gasteiger partial charge in [-0.3, -0.25) is 4.79 Å². The molecule has 4 rings (SSSR count). The number of nitrogens with one attached hydrogen (secondary N) is 1. The number of nitrogen functional groups attached to an aromatic ring is 1. The average molecular weight is 344 g/mol. The van der Waals surface area contributed by atoms with Crippen molar-refractivity contribution >= 4 is 33.1 Å². The van der Waals surface area contributed by atoms with E-state index in [0.717, 1.165) is 48.3 Å². The summed E-state index contributed by atoms with van der Waals surface area (Å²) >= 11 is 1.43. The molecule has 3 N–H and O–H groups in total. The van der Waals surface area contributed by atoms with Gasteiger partial charge in [0.25, 0.3) is 5.91 Å². The largest absolute Gasteiger partial charge is 0.397 e. The minimum Gasteiger partial charge on any atom is -0.397 e. The number of hydrogen-bond acceptors (Lipinski definition) is 5. The van der Waals surface area contributed by atoms with E-state index in [0.29, 0.717) is 16.6 Å². The van der Waals surface area contributed by atoms with Crippen LogP contribution >= 0.6 is 11.3 Å². The molecular formula is C18H24N4OS. The second kappa shape index (κ2) is 6.33. The molecule has 24 heavy (non-hydrogen) atoms. The molecule has 0 spiro atoms. The summed E-state index contributed by atoms with van der Waals surface area (Å²) in [6.45, 7) is 1.93. The zero-order valence-corrected chi connectivity index (χ0v) is 14.9. The zero-order valence-electron chi connectivity index (χ0n) is 14.1. The third-order valence-corrected chi connectivity index (χ3v) is 6.32. The Balaban J connectivity index is 1.64. The van der Waals surface area contributed by atoms with Crippen LogP contribution in [0.1, 0.15) is 53.0 Å². The molecule has 1 saturated carbocycles. The first-order chi connectivity index (χ1) is 11.6. The summed E-state index contributed by atoms with van der Waals surface area (Å²) < 4.78 is 0. The Morgan fingerprint density at radius 2 is 2.17 bits per heavy atom. The SMILES string of the molecule is CN1CCc2nc3sc(C(=O)NC4CCCCC4)c(N)c3cc2C1. The molecule has 0 aromatic carbocycles. The third-order valence-electron chi connectivity index (χ3n) is 5.21. The van der Waals surface area contributed by atoms with Crippen molar-refractivity contribution < 1.29 is 4.79 Å². The summed E-state index contributed by atoms with van der Waals surface area (Å²) in [6, 6.07) is 2.43. The standard InChI is InChI=1S/C18H24N4OS/c1-22-8-7-14-11(10-22)9-13-15(19)16(24-18(13)21-14)17(23)20-12-5-3-2-4-6-12/h9,12H,2-8,10,19H2,1H3,(H,20,23). The Kier molecular flexibility index (Phi) is 4.18. The number of thiophene rings is 1. The van der Waals surface area contributed by atoms with Crippen molar-refractivity contribution in [1.82, 2.24) is 15.2 Å². The molecule has 3 heterocycles. The smallest absolute Gasteiger partial charge is 0.263 e. The van der Waals surface area contributed by atoms with Gasteiger partial charge in [-0.2, -0.15) is 0 Å². The molecule has 0 atom stereocenters. The highest BCUT2D eigenvalue weighted by Crippen LogP contribution is 2.35. The summed E-state index contributed by atoms with van der Waals surface area (Å²) in [5.74, 6) is -0.0301. The van der Waals surface area contributed by atoms with Crippen LogP contribution in [-0.4, -0.2) is 35.4 Å². The van der Waals surface area contributed by atoms with Gasteiger partial charge in [0.1, 0.15) is 9.71 Å². The number of nitrogens with two attached hydrogens (primary N) is 1. The average Bonchev–Trinajstić information content (AvgIpc) is 2.90. The molecule has 6 heteroatoms. The van der Waals surface area contributed by atoms with E-state index in [2.05, 4.69) is 23.3 Å². The lowest BCUT2D eigenvalue weighted by Gasteiger charge is -2.24. The van der Waals surface area contributed by atoms with Gasteiger partial charge in [0.05, 0.1) is 5.69 Å². The summed E-state index contributed by atoms with van der Waals surface area (Å²) in [5.41, 5.74) is 9.29. The van der Waals surface area contributed by atoms with Crippen molar-refractivity contribution in [3.05, 3.63) is 22.2 Å². The Bertz CT molecular complexity index is 779. The molecule has 2 aromatic heterocycles. The predicted octanol–water partition coefficient (Wildman–Crippen LogP) is 2.93. The number of likely N-dealkylation sites (N-methyl/N-ethyl adjacent to an activating group) is 1. The van der Waals surface area contributed by atoms with Gasteiger partial charge >= 0.3 is 0 Å². The third kappa shape index (κ3) is 2.89. The van der Waals surface area contributed by atoms with Crippen molar-refractivity contribution in [3.8, 4) is 0 Å². The van der Waals surface area contributed by atoms with E-state index in [1.165, 1.54) is 36.2 Å². The highest BCUT2D eigenvalue weighted by molar-refractivity contribution is 7.21. The molecule has 0 saturated heterocycles. The number of carbonyl (C=O) groups is 1. The highest BCUT2D eigenvalue weighted by Gasteiger charge is 2.23. The first-order valence-electron chi connectivity index (χ1n) is 8.82. The van der Waals surface area contributed by atoms with E-state index in [1.807, 2.05) is 0 Å². The van der Waals surface area contributed by atoms with Gasteiger partial charge in [-0.1, -0.05) is 19.3 Å². The Morgan fingerprint density at radius 1 is 1.38 bits per heavy atom. The molecular weight excluding hydrogens is 320 g/mol. The maximum Gasteiger partial charge on any atom is 0.263 e. The van der Waals surface area contributed by atoms with E-state index in [9.17, 15) is 4.79 Å². The van der Waals surface area contributed by atoms with Crippen LogP contribution in [0.4, 0.5) is 5.69 Å². The molecule has 1 aliphatic heterocycles. The van der Waals surface area contributed by atoms with E-state index >= 15 is 0 Å². The van der Waals surface area contributed by atoms with Crippen molar-refractivity contribution in [1.29, 1.82) is 0 Å². The number of anilines is 1. The van der Waals surface area contributed by atoms with Crippen LogP contribution in [0.3, 0.4) is 0 Å². The van der Waals surface area contributed by atoms with Crippen LogP contribution in [0.25, 0.3) is 10.2 Å². The van der Waals surface area contributed by atoms with Crippen molar-refractivity contribution in [3.63, 3.8) is 0 Å². The van der Waals surface area contributed by atoms with Gasteiger partial charge in [0.15, 0.2) is 0 Å². The lowest BCUT2D eigenvalue weighted by molar-refractivity contribution is 0.0932. The van der Waals surface area contributed by atoms with Gasteiger partial charge in [0.2, 0.25) is 0 Å². The maximum absolute atomic E-state index is 12.7. The topological polar surface area (TPSA) is 71.2 Å². The Labute approximate surface area is 146 Å². The van der Waals surface area contributed by atoms with Crippen molar-refractivity contribution in [2.24, 2.45) is 0 Å². The fraction of sp³-hybridized carbons (Fsp3) is 0.556. The number of rotatable bonds is 2. The van der Waals surface area contributed by atoms with Crippen LogP contribution in [0.15, 0.2) is 6.07 Å². The second-order valence-electron chi connectivity index (χ2n) is 7.09. The maximum atomic E-state index is 12.7. The Morgan fingerprint density at radius 3 is 2.96 bits per heavy atom. The monoisotopic (exact) mass is 344 g/mol. The second-order valence-corrected chi connectivity index (χ2v) is 8.09. The van der Waals surface area contributed by atoms with Crippen LogP contribution < -0.4 is 11.1 Å². The number of amides is 1. The molecule has 2 aromatic rings. The minimum atomic E-state index is -0.0301. The zero-order chi connectivity index (χ0) is 16.7. The Hall–Kier alpha value is -1.66. The molecule has 1 aliphatic carbocycles. The van der Waals surface area contributed by atoms with Crippen LogP contribution in [0, 0.1) is 0 Å². The van der Waals surface area contributed by atoms with Gasteiger partial charge in [-0.05, 0) is 31.5 Å².